The normalized spacial score (nSPS) is 27.7. The van der Waals surface area contributed by atoms with Gasteiger partial charge in [-0.25, -0.2) is 0 Å². The van der Waals surface area contributed by atoms with Gasteiger partial charge >= 0.3 is 0 Å². The van der Waals surface area contributed by atoms with Gasteiger partial charge in [-0.1, -0.05) is 12.8 Å². The van der Waals surface area contributed by atoms with Crippen LogP contribution in [0.25, 0.3) is 0 Å². The molecule has 19 heavy (non-hydrogen) atoms. The minimum atomic E-state index is 0.890. The Labute approximate surface area is 121 Å². The first-order valence-electron chi connectivity index (χ1n) is 7.74. The molecule has 0 radical (unpaired) electrons. The molecule has 0 bridgehead atoms. The molecule has 106 valence electrons. The Balaban J connectivity index is 1.67. The van der Waals surface area contributed by atoms with Gasteiger partial charge in [-0.05, 0) is 57.3 Å². The van der Waals surface area contributed by atoms with E-state index in [9.17, 15) is 0 Å². The van der Waals surface area contributed by atoms with Crippen LogP contribution >= 0.6 is 11.3 Å². The highest BCUT2D eigenvalue weighted by atomic mass is 32.1. The first-order valence-corrected chi connectivity index (χ1v) is 8.56. The van der Waals surface area contributed by atoms with E-state index in [0.717, 1.165) is 18.5 Å². The van der Waals surface area contributed by atoms with Crippen molar-refractivity contribution in [1.82, 2.24) is 10.2 Å². The summed E-state index contributed by atoms with van der Waals surface area (Å²) in [6.45, 7) is 5.81. The number of rotatable bonds is 4. The zero-order chi connectivity index (χ0) is 13.2. The molecule has 2 atom stereocenters. The number of hydrogen-bond donors (Lipinski definition) is 1. The van der Waals surface area contributed by atoms with Crippen molar-refractivity contribution >= 4 is 11.3 Å². The molecule has 2 heterocycles. The lowest BCUT2D eigenvalue weighted by molar-refractivity contribution is 0.176. The Morgan fingerprint density at radius 2 is 2.16 bits per heavy atom. The molecule has 1 N–H and O–H groups in total. The van der Waals surface area contributed by atoms with Gasteiger partial charge in [-0.2, -0.15) is 0 Å². The summed E-state index contributed by atoms with van der Waals surface area (Å²) >= 11 is 1.96. The first kappa shape index (κ1) is 13.6. The number of nitrogens with one attached hydrogen (secondary N) is 1. The molecule has 0 amide bonds. The van der Waals surface area contributed by atoms with Crippen molar-refractivity contribution in [2.24, 2.45) is 5.92 Å². The third kappa shape index (κ3) is 2.88. The topological polar surface area (TPSA) is 15.3 Å². The van der Waals surface area contributed by atoms with E-state index in [2.05, 4.69) is 23.2 Å². The molecule has 1 saturated carbocycles. The first-order chi connectivity index (χ1) is 9.28. The summed E-state index contributed by atoms with van der Waals surface area (Å²) in [4.78, 5) is 5.76. The molecular weight excluding hydrogens is 252 g/mol. The largest absolute Gasteiger partial charge is 0.315 e. The second kappa shape index (κ2) is 5.94. The number of nitrogens with zero attached hydrogens (tertiary/aromatic N) is 1. The fourth-order valence-corrected chi connectivity index (χ4v) is 4.99. The molecule has 1 saturated heterocycles. The second-order valence-corrected chi connectivity index (χ2v) is 7.54. The van der Waals surface area contributed by atoms with E-state index in [1.54, 1.807) is 5.56 Å². The van der Waals surface area contributed by atoms with E-state index in [0.29, 0.717) is 0 Å². The fraction of sp³-hybridized carbons (Fsp3) is 0.750. The van der Waals surface area contributed by atoms with Gasteiger partial charge in [0.15, 0.2) is 0 Å². The average Bonchev–Trinajstić information content (AvgIpc) is 2.96. The highest BCUT2D eigenvalue weighted by Crippen LogP contribution is 2.37. The molecular formula is C16H26N2S. The molecule has 1 aliphatic carbocycles. The van der Waals surface area contributed by atoms with Crippen LogP contribution in [0.4, 0.5) is 0 Å². The van der Waals surface area contributed by atoms with Crippen LogP contribution in [0.5, 0.6) is 0 Å². The number of thiophene rings is 1. The summed E-state index contributed by atoms with van der Waals surface area (Å²) in [5, 5.41) is 3.26. The zero-order valence-electron chi connectivity index (χ0n) is 12.2. The van der Waals surface area contributed by atoms with Gasteiger partial charge in [-0.15, -0.1) is 11.3 Å². The number of likely N-dealkylation sites (tertiary alicyclic amines) is 1. The minimum Gasteiger partial charge on any atom is -0.315 e. The van der Waals surface area contributed by atoms with E-state index in [-0.39, 0.29) is 0 Å². The average molecular weight is 278 g/mol. The number of aryl methyl sites for hydroxylation is 1. The Morgan fingerprint density at radius 1 is 1.32 bits per heavy atom. The van der Waals surface area contributed by atoms with Gasteiger partial charge in [-0.3, -0.25) is 4.90 Å². The molecule has 1 aromatic rings. The zero-order valence-corrected chi connectivity index (χ0v) is 13.1. The fourth-order valence-electron chi connectivity index (χ4n) is 3.92. The lowest BCUT2D eigenvalue weighted by Gasteiger charge is -2.31. The lowest BCUT2D eigenvalue weighted by Crippen LogP contribution is -2.34. The van der Waals surface area contributed by atoms with E-state index in [4.69, 9.17) is 0 Å². The standard InChI is InChI=1S/C16H26N2S/c1-12-14(9-15(19-12)10-17-2)11-18-8-7-13-5-3-4-6-16(13)18/h9,13,16-17H,3-8,10-11H2,1-2H3. The molecule has 1 aliphatic heterocycles. The molecule has 1 aromatic heterocycles. The maximum Gasteiger partial charge on any atom is 0.0296 e. The van der Waals surface area contributed by atoms with Crippen LogP contribution in [0.1, 0.15) is 47.4 Å². The molecule has 3 rings (SSSR count). The van der Waals surface area contributed by atoms with Crippen molar-refractivity contribution in [3.63, 3.8) is 0 Å². The third-order valence-electron chi connectivity index (χ3n) is 4.92. The van der Waals surface area contributed by atoms with E-state index in [1.807, 2.05) is 18.4 Å². The summed E-state index contributed by atoms with van der Waals surface area (Å²) in [5.74, 6) is 1.00. The number of hydrogen-bond acceptors (Lipinski definition) is 3. The Hall–Kier alpha value is -0.380. The summed E-state index contributed by atoms with van der Waals surface area (Å²) in [6, 6.07) is 3.31. The highest BCUT2D eigenvalue weighted by Gasteiger charge is 2.35. The van der Waals surface area contributed by atoms with E-state index < -0.39 is 0 Å². The van der Waals surface area contributed by atoms with Crippen molar-refractivity contribution in [3.05, 3.63) is 21.4 Å². The van der Waals surface area contributed by atoms with Gasteiger partial charge in [0.25, 0.3) is 0 Å². The minimum absolute atomic E-state index is 0.890. The maximum atomic E-state index is 3.26. The molecule has 2 aliphatic rings. The molecule has 2 nitrogen and oxygen atoms in total. The Kier molecular flexibility index (Phi) is 4.25. The molecule has 2 unspecified atom stereocenters. The molecule has 0 aromatic carbocycles. The predicted molar refractivity (Wildman–Crippen MR) is 82.6 cm³/mol. The van der Waals surface area contributed by atoms with Crippen LogP contribution in [-0.2, 0) is 13.1 Å². The Bertz CT molecular complexity index is 426. The molecule has 0 spiro atoms. The van der Waals surface area contributed by atoms with Gasteiger partial charge < -0.3 is 5.32 Å². The van der Waals surface area contributed by atoms with Crippen LogP contribution in [0.2, 0.25) is 0 Å². The molecule has 2 fully saturated rings. The van der Waals surface area contributed by atoms with Gasteiger partial charge in [0.1, 0.15) is 0 Å². The van der Waals surface area contributed by atoms with Crippen LogP contribution in [-0.4, -0.2) is 24.5 Å². The smallest absolute Gasteiger partial charge is 0.0296 e. The predicted octanol–water partition coefficient (Wildman–Crippen LogP) is 3.54. The van der Waals surface area contributed by atoms with Crippen LogP contribution < -0.4 is 5.32 Å². The molecule has 3 heteroatoms. The van der Waals surface area contributed by atoms with Crippen molar-refractivity contribution in [1.29, 1.82) is 0 Å². The van der Waals surface area contributed by atoms with Crippen molar-refractivity contribution < 1.29 is 0 Å². The highest BCUT2D eigenvalue weighted by molar-refractivity contribution is 7.12. The lowest BCUT2D eigenvalue weighted by atomic mass is 9.85. The third-order valence-corrected chi connectivity index (χ3v) is 6.01. The van der Waals surface area contributed by atoms with Crippen molar-refractivity contribution in [2.75, 3.05) is 13.6 Å². The summed E-state index contributed by atoms with van der Waals surface area (Å²) in [6.07, 6.45) is 7.29. The van der Waals surface area contributed by atoms with Crippen molar-refractivity contribution in [3.8, 4) is 0 Å². The number of fused-ring (bicyclic) bond motifs is 1. The van der Waals surface area contributed by atoms with Gasteiger partial charge in [0, 0.05) is 28.9 Å². The van der Waals surface area contributed by atoms with E-state index in [1.165, 1.54) is 54.9 Å². The van der Waals surface area contributed by atoms with Crippen LogP contribution in [0.15, 0.2) is 6.07 Å². The SMILES string of the molecule is CNCc1cc(CN2CCC3CCCCC32)c(C)s1. The summed E-state index contributed by atoms with van der Waals surface area (Å²) < 4.78 is 0. The quantitative estimate of drug-likeness (QED) is 0.906. The van der Waals surface area contributed by atoms with E-state index >= 15 is 0 Å². The van der Waals surface area contributed by atoms with Crippen molar-refractivity contribution in [2.45, 2.75) is 58.2 Å². The van der Waals surface area contributed by atoms with Crippen LogP contribution in [0, 0.1) is 12.8 Å². The Morgan fingerprint density at radius 3 is 3.00 bits per heavy atom. The van der Waals surface area contributed by atoms with Gasteiger partial charge in [0.05, 0.1) is 0 Å². The maximum absolute atomic E-state index is 3.26. The second-order valence-electron chi connectivity index (χ2n) is 6.20. The summed E-state index contributed by atoms with van der Waals surface area (Å²) in [5.41, 5.74) is 1.57. The monoisotopic (exact) mass is 278 g/mol. The van der Waals surface area contributed by atoms with Crippen LogP contribution in [0.3, 0.4) is 0 Å². The van der Waals surface area contributed by atoms with Gasteiger partial charge in [0.2, 0.25) is 0 Å². The summed E-state index contributed by atoms with van der Waals surface area (Å²) in [7, 11) is 2.03.